The lowest BCUT2D eigenvalue weighted by atomic mass is 10.0. The van der Waals surface area contributed by atoms with Gasteiger partial charge in [-0.1, -0.05) is 31.3 Å². The average molecular weight is 398 g/mol. The van der Waals surface area contributed by atoms with Gasteiger partial charge in [0.2, 0.25) is 11.8 Å². The van der Waals surface area contributed by atoms with Gasteiger partial charge >= 0.3 is 5.97 Å². The van der Waals surface area contributed by atoms with E-state index < -0.39 is 0 Å². The van der Waals surface area contributed by atoms with Crippen LogP contribution in [0.25, 0.3) is 10.4 Å². The zero-order chi connectivity index (χ0) is 21.0. The third kappa shape index (κ3) is 15.9. The fraction of sp³-hybridized carbons (Fsp3) is 0.842. The molecular weight excluding hydrogens is 362 g/mol. The number of carbonyl (C=O) groups is 3. The Morgan fingerprint density at radius 1 is 1.04 bits per heavy atom. The quantitative estimate of drug-likeness (QED) is 0.128. The Labute approximate surface area is 167 Å². The molecule has 0 fully saturated rings. The number of hydrogen-bond donors (Lipinski definition) is 2. The third-order valence-electron chi connectivity index (χ3n) is 4.48. The Morgan fingerprint density at radius 2 is 1.82 bits per heavy atom. The van der Waals surface area contributed by atoms with Gasteiger partial charge in [-0.25, -0.2) is 0 Å². The van der Waals surface area contributed by atoms with Gasteiger partial charge in [0.25, 0.3) is 0 Å². The topological polar surface area (TPSA) is 133 Å². The van der Waals surface area contributed by atoms with E-state index in [1.54, 1.807) is 0 Å². The summed E-state index contributed by atoms with van der Waals surface area (Å²) < 4.78 is 5.25. The number of nitrogens with zero attached hydrogens (tertiary/aromatic N) is 3. The van der Waals surface area contributed by atoms with E-state index in [-0.39, 0.29) is 30.6 Å². The van der Waals surface area contributed by atoms with Crippen LogP contribution >= 0.6 is 0 Å². The first-order valence-electron chi connectivity index (χ1n) is 10.2. The Bertz CT molecular complexity index is 507. The maximum atomic E-state index is 11.7. The number of unbranched alkanes of at least 4 members (excludes halogenated alkanes) is 3. The molecular formula is C19H35N5O4. The van der Waals surface area contributed by atoms with Crippen LogP contribution < -0.4 is 10.6 Å². The summed E-state index contributed by atoms with van der Waals surface area (Å²) in [6.07, 6.45) is 6.96. The molecule has 0 aromatic carbocycles. The molecule has 1 atom stereocenters. The fourth-order valence-corrected chi connectivity index (χ4v) is 2.59. The molecule has 0 spiro atoms. The number of hydrogen-bond acceptors (Lipinski definition) is 5. The van der Waals surface area contributed by atoms with Crippen LogP contribution in [0.15, 0.2) is 5.11 Å². The van der Waals surface area contributed by atoms with Gasteiger partial charge in [-0.2, -0.15) is 0 Å². The summed E-state index contributed by atoms with van der Waals surface area (Å²) in [5.41, 5.74) is 8.16. The number of rotatable bonds is 17. The van der Waals surface area contributed by atoms with E-state index in [2.05, 4.69) is 27.6 Å². The Balaban J connectivity index is 3.67. The summed E-state index contributed by atoms with van der Waals surface area (Å²) in [7, 11) is 1.54. The van der Waals surface area contributed by atoms with Crippen molar-refractivity contribution < 1.29 is 19.1 Å². The highest BCUT2D eigenvalue weighted by Crippen LogP contribution is 2.13. The highest BCUT2D eigenvalue weighted by Gasteiger charge is 2.11. The number of amides is 2. The summed E-state index contributed by atoms with van der Waals surface area (Å²) in [5.74, 6) is -0.149. The summed E-state index contributed by atoms with van der Waals surface area (Å²) >= 11 is 0. The Hall–Kier alpha value is -2.28. The first kappa shape index (κ1) is 25.7. The van der Waals surface area contributed by atoms with Crippen LogP contribution in [0, 0.1) is 5.92 Å². The largest absolute Gasteiger partial charge is 0.465 e. The van der Waals surface area contributed by atoms with Crippen LogP contribution in [-0.4, -0.2) is 44.5 Å². The van der Waals surface area contributed by atoms with Crippen LogP contribution in [0.3, 0.4) is 0 Å². The molecule has 0 bridgehead atoms. The van der Waals surface area contributed by atoms with Crippen LogP contribution in [0.5, 0.6) is 0 Å². The van der Waals surface area contributed by atoms with E-state index in [4.69, 9.17) is 10.3 Å². The first-order valence-corrected chi connectivity index (χ1v) is 10.2. The van der Waals surface area contributed by atoms with E-state index in [1.165, 1.54) is 7.05 Å². The van der Waals surface area contributed by atoms with Crippen molar-refractivity contribution in [3.05, 3.63) is 10.4 Å². The second kappa shape index (κ2) is 18.1. The molecule has 0 heterocycles. The SMILES string of the molecule is CCC(CCCCNC(=O)CCCCCN=[N+]=[N-])COC(=O)CCC(=O)NC. The molecule has 0 radical (unpaired) electrons. The maximum Gasteiger partial charge on any atom is 0.306 e. The fourth-order valence-electron chi connectivity index (χ4n) is 2.59. The van der Waals surface area contributed by atoms with Crippen molar-refractivity contribution in [1.82, 2.24) is 10.6 Å². The summed E-state index contributed by atoms with van der Waals surface area (Å²) in [6, 6.07) is 0. The van der Waals surface area contributed by atoms with Gasteiger partial charge < -0.3 is 15.4 Å². The smallest absolute Gasteiger partial charge is 0.306 e. The molecule has 1 unspecified atom stereocenters. The number of carbonyl (C=O) groups excluding carboxylic acids is 3. The van der Waals surface area contributed by atoms with Crippen molar-refractivity contribution >= 4 is 17.8 Å². The van der Waals surface area contributed by atoms with Crippen molar-refractivity contribution in [2.45, 2.75) is 71.1 Å². The highest BCUT2D eigenvalue weighted by molar-refractivity contribution is 5.81. The molecule has 9 nitrogen and oxygen atoms in total. The minimum atomic E-state index is -0.339. The normalized spacial score (nSPS) is 11.2. The van der Waals surface area contributed by atoms with E-state index in [1.807, 2.05) is 0 Å². The molecule has 0 aromatic rings. The third-order valence-corrected chi connectivity index (χ3v) is 4.48. The second-order valence-electron chi connectivity index (χ2n) is 6.74. The minimum Gasteiger partial charge on any atom is -0.465 e. The Kier molecular flexibility index (Phi) is 16.6. The van der Waals surface area contributed by atoms with Gasteiger partial charge in [-0.3, -0.25) is 14.4 Å². The predicted octanol–water partition coefficient (Wildman–Crippen LogP) is 3.24. The van der Waals surface area contributed by atoms with Crippen molar-refractivity contribution in [2.75, 3.05) is 26.7 Å². The zero-order valence-corrected chi connectivity index (χ0v) is 17.2. The molecule has 0 saturated carbocycles. The number of esters is 1. The Morgan fingerprint density at radius 3 is 2.50 bits per heavy atom. The van der Waals surface area contributed by atoms with Gasteiger partial charge in [-0.05, 0) is 37.1 Å². The van der Waals surface area contributed by atoms with Crippen LogP contribution in [0.4, 0.5) is 0 Å². The maximum absolute atomic E-state index is 11.7. The molecule has 0 aliphatic carbocycles. The molecule has 160 valence electrons. The number of nitrogens with one attached hydrogen (secondary N) is 2. The molecule has 2 amide bonds. The van der Waals surface area contributed by atoms with Crippen molar-refractivity contribution in [3.8, 4) is 0 Å². The van der Waals surface area contributed by atoms with Gasteiger partial charge in [0, 0.05) is 37.9 Å². The van der Waals surface area contributed by atoms with Crippen LogP contribution in [0.2, 0.25) is 0 Å². The van der Waals surface area contributed by atoms with Crippen molar-refractivity contribution in [3.63, 3.8) is 0 Å². The summed E-state index contributed by atoms with van der Waals surface area (Å²) in [5, 5.41) is 8.85. The summed E-state index contributed by atoms with van der Waals surface area (Å²) in [6.45, 7) is 3.58. The van der Waals surface area contributed by atoms with E-state index >= 15 is 0 Å². The van der Waals surface area contributed by atoms with Crippen LogP contribution in [0.1, 0.15) is 71.1 Å². The van der Waals surface area contributed by atoms with Gasteiger partial charge in [0.05, 0.1) is 13.0 Å². The van der Waals surface area contributed by atoms with Gasteiger partial charge in [0.1, 0.15) is 0 Å². The molecule has 0 rings (SSSR count). The zero-order valence-electron chi connectivity index (χ0n) is 17.2. The molecule has 0 aromatic heterocycles. The molecule has 2 N–H and O–H groups in total. The van der Waals surface area contributed by atoms with E-state index in [9.17, 15) is 14.4 Å². The van der Waals surface area contributed by atoms with Crippen molar-refractivity contribution in [1.29, 1.82) is 0 Å². The first-order chi connectivity index (χ1) is 13.5. The van der Waals surface area contributed by atoms with Gasteiger partial charge in [0.15, 0.2) is 0 Å². The molecule has 0 saturated heterocycles. The van der Waals surface area contributed by atoms with Gasteiger partial charge in [-0.15, -0.1) is 0 Å². The number of ether oxygens (including phenoxy) is 1. The van der Waals surface area contributed by atoms with Crippen molar-refractivity contribution in [2.24, 2.45) is 11.0 Å². The second-order valence-corrected chi connectivity index (χ2v) is 6.74. The molecule has 0 aliphatic heterocycles. The molecule has 28 heavy (non-hydrogen) atoms. The lowest BCUT2D eigenvalue weighted by Crippen LogP contribution is -2.24. The van der Waals surface area contributed by atoms with E-state index in [0.717, 1.165) is 44.9 Å². The lowest BCUT2D eigenvalue weighted by molar-refractivity contribution is -0.146. The predicted molar refractivity (Wildman–Crippen MR) is 107 cm³/mol. The molecule has 9 heteroatoms. The lowest BCUT2D eigenvalue weighted by Gasteiger charge is -2.15. The van der Waals surface area contributed by atoms with E-state index in [0.29, 0.717) is 32.0 Å². The molecule has 0 aliphatic rings. The monoisotopic (exact) mass is 397 g/mol. The standard InChI is InChI=1S/C19H35N5O4/c1-3-16(15-28-19(27)12-11-17(25)21-2)9-6-8-13-22-18(26)10-5-4-7-14-23-24-20/h16H,3-15H2,1-2H3,(H,21,25)(H,22,26). The highest BCUT2D eigenvalue weighted by atomic mass is 16.5. The van der Waals surface area contributed by atoms with Crippen LogP contribution in [-0.2, 0) is 19.1 Å². The average Bonchev–Trinajstić information content (AvgIpc) is 2.70. The minimum absolute atomic E-state index is 0.0564. The number of azide groups is 1. The summed E-state index contributed by atoms with van der Waals surface area (Å²) in [4.78, 5) is 37.1.